The summed E-state index contributed by atoms with van der Waals surface area (Å²) < 4.78 is 87.8. The fraction of sp³-hybridized carbons (Fsp3) is 0.364. The van der Waals surface area contributed by atoms with Gasteiger partial charge < -0.3 is 15.0 Å². The van der Waals surface area contributed by atoms with Crippen molar-refractivity contribution in [1.29, 1.82) is 0 Å². The van der Waals surface area contributed by atoms with Gasteiger partial charge in [-0.05, 0) is 67.8 Å². The van der Waals surface area contributed by atoms with Crippen LogP contribution in [0.15, 0.2) is 48.5 Å². The second kappa shape index (κ2) is 14.7. The summed E-state index contributed by atoms with van der Waals surface area (Å²) in [4.78, 5) is 40.4. The van der Waals surface area contributed by atoms with Gasteiger partial charge in [0.25, 0.3) is 5.91 Å². The number of hydrogen-bond donors (Lipinski definition) is 1. The predicted molar refractivity (Wildman–Crippen MR) is 170 cm³/mol. The fourth-order valence-corrected chi connectivity index (χ4v) is 6.44. The first kappa shape index (κ1) is 37.5. The molecule has 1 saturated carbocycles. The number of amides is 2. The SMILES string of the molecule is CCCN(C(=O)C(C)OCC)c1c(F)ccc(CC(=O)c2cc(NC(=O)[C@H]3[C@H](c4ccc(F)c(C(F)(F)F)c4)C3(Cl)Cl)ccc2Cl)c1F. The highest BCUT2D eigenvalue weighted by atomic mass is 35.5. The molecule has 1 unspecified atom stereocenters. The van der Waals surface area contributed by atoms with Crippen molar-refractivity contribution in [1.82, 2.24) is 0 Å². The van der Waals surface area contributed by atoms with Gasteiger partial charge in [-0.2, -0.15) is 13.2 Å². The van der Waals surface area contributed by atoms with Gasteiger partial charge >= 0.3 is 6.18 Å². The average Bonchev–Trinajstić information content (AvgIpc) is 3.59. The number of halogens is 9. The molecule has 1 aliphatic rings. The zero-order valence-electron chi connectivity index (χ0n) is 25.7. The van der Waals surface area contributed by atoms with Crippen LogP contribution in [0.2, 0.25) is 5.02 Å². The van der Waals surface area contributed by atoms with Crippen molar-refractivity contribution >= 4 is 63.8 Å². The number of carbonyl (C=O) groups excluding carboxylic acids is 3. The number of benzene rings is 3. The van der Waals surface area contributed by atoms with E-state index in [4.69, 9.17) is 39.5 Å². The van der Waals surface area contributed by atoms with Crippen molar-refractivity contribution in [3.8, 4) is 0 Å². The van der Waals surface area contributed by atoms with Crippen LogP contribution >= 0.6 is 34.8 Å². The second-order valence-corrected chi connectivity index (χ2v) is 13.0. The van der Waals surface area contributed by atoms with Crippen LogP contribution in [0.3, 0.4) is 0 Å². The van der Waals surface area contributed by atoms with E-state index < -0.39 is 81.2 Å². The number of nitrogens with zero attached hydrogens (tertiary/aromatic N) is 1. The molecule has 0 spiro atoms. The summed E-state index contributed by atoms with van der Waals surface area (Å²) in [6, 6.07) is 8.03. The Labute approximate surface area is 287 Å². The zero-order valence-corrected chi connectivity index (χ0v) is 27.9. The topological polar surface area (TPSA) is 75.7 Å². The second-order valence-electron chi connectivity index (χ2n) is 11.1. The first-order chi connectivity index (χ1) is 22.4. The van der Waals surface area contributed by atoms with Crippen molar-refractivity contribution in [3.63, 3.8) is 0 Å². The summed E-state index contributed by atoms with van der Waals surface area (Å²) in [5.41, 5.74) is -2.61. The van der Waals surface area contributed by atoms with E-state index in [2.05, 4.69) is 5.32 Å². The van der Waals surface area contributed by atoms with Crippen molar-refractivity contribution in [2.45, 2.75) is 56.1 Å². The summed E-state index contributed by atoms with van der Waals surface area (Å²) in [5, 5.41) is 2.44. The number of nitrogens with one attached hydrogen (secondary N) is 1. The first-order valence-corrected chi connectivity index (χ1v) is 15.8. The van der Waals surface area contributed by atoms with E-state index in [1.54, 1.807) is 13.8 Å². The molecule has 0 saturated heterocycles. The van der Waals surface area contributed by atoms with E-state index in [-0.39, 0.29) is 40.6 Å². The zero-order chi connectivity index (χ0) is 35.7. The number of Topliss-reactive ketones (excluding diaryl/α,β-unsaturated/α-hetero) is 1. The molecule has 15 heteroatoms. The van der Waals surface area contributed by atoms with Gasteiger partial charge in [-0.15, -0.1) is 23.2 Å². The molecular formula is C33H29Cl3F6N2O4. The molecule has 48 heavy (non-hydrogen) atoms. The van der Waals surface area contributed by atoms with Gasteiger partial charge in [0.1, 0.15) is 27.8 Å². The molecule has 3 aromatic rings. The highest BCUT2D eigenvalue weighted by Gasteiger charge is 2.67. The Balaban J connectivity index is 1.56. The van der Waals surface area contributed by atoms with E-state index in [1.807, 2.05) is 0 Å². The van der Waals surface area contributed by atoms with Gasteiger partial charge in [0.15, 0.2) is 11.6 Å². The molecule has 3 aromatic carbocycles. The normalized spacial score (nSPS) is 17.5. The molecule has 2 amide bonds. The molecule has 0 heterocycles. The van der Waals surface area contributed by atoms with E-state index in [1.165, 1.54) is 25.1 Å². The predicted octanol–water partition coefficient (Wildman–Crippen LogP) is 8.90. The lowest BCUT2D eigenvalue weighted by molar-refractivity contribution is -0.140. The number of alkyl halides is 5. The lowest BCUT2D eigenvalue weighted by Crippen LogP contribution is -2.41. The van der Waals surface area contributed by atoms with Crippen LogP contribution in [0, 0.1) is 23.4 Å². The molecule has 1 N–H and O–H groups in total. The summed E-state index contributed by atoms with van der Waals surface area (Å²) in [5.74, 6) is -8.18. The Kier molecular flexibility index (Phi) is 11.4. The van der Waals surface area contributed by atoms with Crippen molar-refractivity contribution in [2.24, 2.45) is 5.92 Å². The molecule has 0 bridgehead atoms. The molecule has 0 radical (unpaired) electrons. The molecule has 0 aliphatic heterocycles. The minimum Gasteiger partial charge on any atom is -0.369 e. The van der Waals surface area contributed by atoms with Gasteiger partial charge in [0.2, 0.25) is 5.91 Å². The third kappa shape index (κ3) is 7.77. The maximum atomic E-state index is 15.8. The van der Waals surface area contributed by atoms with Crippen LogP contribution in [0.25, 0.3) is 0 Å². The largest absolute Gasteiger partial charge is 0.419 e. The summed E-state index contributed by atoms with van der Waals surface area (Å²) in [6.45, 7) is 5.03. The highest BCUT2D eigenvalue weighted by Crippen LogP contribution is 2.65. The van der Waals surface area contributed by atoms with E-state index in [0.29, 0.717) is 18.6 Å². The lowest BCUT2D eigenvalue weighted by atomic mass is 10.0. The molecule has 258 valence electrons. The van der Waals surface area contributed by atoms with Crippen LogP contribution in [0.4, 0.5) is 37.7 Å². The molecule has 6 nitrogen and oxygen atoms in total. The molecule has 1 aliphatic carbocycles. The number of ketones is 1. The van der Waals surface area contributed by atoms with Crippen LogP contribution in [-0.4, -0.2) is 41.2 Å². The Morgan fingerprint density at radius 3 is 2.29 bits per heavy atom. The van der Waals surface area contributed by atoms with E-state index in [0.717, 1.165) is 23.1 Å². The Morgan fingerprint density at radius 1 is 1.00 bits per heavy atom. The maximum Gasteiger partial charge on any atom is 0.419 e. The molecule has 0 aromatic heterocycles. The Morgan fingerprint density at radius 2 is 1.67 bits per heavy atom. The lowest BCUT2D eigenvalue weighted by Gasteiger charge is -2.27. The summed E-state index contributed by atoms with van der Waals surface area (Å²) in [7, 11) is 0. The molecule has 3 atom stereocenters. The van der Waals surface area contributed by atoms with Gasteiger partial charge in [-0.3, -0.25) is 14.4 Å². The van der Waals surface area contributed by atoms with Crippen LogP contribution in [-0.2, 0) is 26.9 Å². The fourth-order valence-electron chi connectivity index (χ4n) is 5.39. The Hall–Kier alpha value is -3.32. The smallest absolute Gasteiger partial charge is 0.369 e. The summed E-state index contributed by atoms with van der Waals surface area (Å²) in [6.07, 6.45) is -6.21. The Bertz CT molecular complexity index is 1740. The maximum absolute atomic E-state index is 15.8. The minimum atomic E-state index is -4.99. The quantitative estimate of drug-likeness (QED) is 0.115. The van der Waals surface area contributed by atoms with Gasteiger partial charge in [-0.1, -0.05) is 30.7 Å². The number of rotatable bonds is 12. The van der Waals surface area contributed by atoms with Crippen LogP contribution < -0.4 is 10.2 Å². The van der Waals surface area contributed by atoms with Crippen molar-refractivity contribution < 1.29 is 45.5 Å². The highest BCUT2D eigenvalue weighted by molar-refractivity contribution is 6.53. The van der Waals surface area contributed by atoms with Crippen molar-refractivity contribution in [2.75, 3.05) is 23.4 Å². The minimum absolute atomic E-state index is 0.0204. The van der Waals surface area contributed by atoms with E-state index >= 15 is 4.39 Å². The first-order valence-electron chi connectivity index (χ1n) is 14.7. The summed E-state index contributed by atoms with van der Waals surface area (Å²) >= 11 is 18.8. The molecule has 1 fully saturated rings. The van der Waals surface area contributed by atoms with Gasteiger partial charge in [0.05, 0.1) is 16.5 Å². The number of ether oxygens (including phenoxy) is 1. The van der Waals surface area contributed by atoms with Gasteiger partial charge in [0, 0.05) is 36.7 Å². The average molecular weight is 738 g/mol. The third-order valence-electron chi connectivity index (χ3n) is 7.77. The number of carbonyl (C=O) groups is 3. The van der Waals surface area contributed by atoms with E-state index in [9.17, 15) is 36.3 Å². The molecular weight excluding hydrogens is 709 g/mol. The van der Waals surface area contributed by atoms with Crippen molar-refractivity contribution in [3.05, 3.63) is 93.3 Å². The van der Waals surface area contributed by atoms with Gasteiger partial charge in [-0.25, -0.2) is 13.2 Å². The monoisotopic (exact) mass is 736 g/mol. The van der Waals surface area contributed by atoms with Crippen LogP contribution in [0.1, 0.15) is 60.2 Å². The molecule has 4 rings (SSSR count). The number of anilines is 2. The number of hydrogen-bond acceptors (Lipinski definition) is 4. The standard InChI is InChI=1S/C33H29Cl3F6N2O4/c1-4-12-44(31(47)16(3)48-5-2)29-24(38)11-7-18(28(29)39)14-25(45)20-15-19(8-9-22(20)34)43-30(46)27-26(32(27,35)36)17-6-10-23(37)21(13-17)33(40,41)42/h6-11,13,15-16,26-27H,4-5,12,14H2,1-3H3,(H,43,46)/t16?,26-,27+/m0/s1. The third-order valence-corrected chi connectivity index (χ3v) is 9.04. The van der Waals surface area contributed by atoms with Crippen LogP contribution in [0.5, 0.6) is 0 Å².